The SMILES string of the molecule is CC[C@H](SC1=Nc2ccccc2C2=N[C@H]([C@H](C)CC)C(=O)N12)C(=O)N1CCc2ccccc21. The molecule has 0 fully saturated rings. The minimum Gasteiger partial charge on any atom is -0.311 e. The summed E-state index contributed by atoms with van der Waals surface area (Å²) >= 11 is 1.38. The molecular formula is C26H28N4O2S. The van der Waals surface area contributed by atoms with Crippen LogP contribution in [0.15, 0.2) is 58.5 Å². The van der Waals surface area contributed by atoms with Gasteiger partial charge >= 0.3 is 0 Å². The van der Waals surface area contributed by atoms with Gasteiger partial charge < -0.3 is 4.90 Å². The van der Waals surface area contributed by atoms with Gasteiger partial charge in [0, 0.05) is 17.8 Å². The number of amidine groups is 2. The van der Waals surface area contributed by atoms with Gasteiger partial charge in [0.25, 0.3) is 5.91 Å². The Balaban J connectivity index is 1.47. The number of carbonyl (C=O) groups excluding carboxylic acids is 2. The van der Waals surface area contributed by atoms with Crippen LogP contribution in [0.1, 0.15) is 44.7 Å². The normalized spacial score (nSPS) is 20.6. The number of amides is 2. The number of nitrogens with zero attached hydrogens (tertiary/aromatic N) is 4. The van der Waals surface area contributed by atoms with Crippen LogP contribution in [-0.4, -0.2) is 45.6 Å². The molecule has 3 aliphatic heterocycles. The fourth-order valence-electron chi connectivity index (χ4n) is 4.62. The Morgan fingerprint density at radius 3 is 2.67 bits per heavy atom. The lowest BCUT2D eigenvalue weighted by atomic mass is 10.00. The minimum atomic E-state index is -0.414. The molecule has 5 rings (SSSR count). The van der Waals surface area contributed by atoms with Gasteiger partial charge in [-0.3, -0.25) is 14.6 Å². The van der Waals surface area contributed by atoms with E-state index in [0.717, 1.165) is 29.8 Å². The van der Waals surface area contributed by atoms with Crippen molar-refractivity contribution in [2.75, 3.05) is 11.4 Å². The maximum Gasteiger partial charge on any atom is 0.259 e. The van der Waals surface area contributed by atoms with Crippen molar-refractivity contribution in [1.82, 2.24) is 4.90 Å². The highest BCUT2D eigenvalue weighted by Crippen LogP contribution is 2.38. The number of hydrogen-bond acceptors (Lipinski definition) is 5. The summed E-state index contributed by atoms with van der Waals surface area (Å²) in [6, 6.07) is 15.4. The zero-order chi connectivity index (χ0) is 23.1. The third-order valence-corrected chi connectivity index (χ3v) is 8.03. The summed E-state index contributed by atoms with van der Waals surface area (Å²) in [5.74, 6) is 0.817. The van der Waals surface area contributed by atoms with Crippen molar-refractivity contribution in [3.63, 3.8) is 0 Å². The zero-order valence-corrected chi connectivity index (χ0v) is 20.0. The van der Waals surface area contributed by atoms with Crippen LogP contribution in [0, 0.1) is 5.92 Å². The maximum absolute atomic E-state index is 13.6. The quantitative estimate of drug-likeness (QED) is 0.644. The van der Waals surface area contributed by atoms with Crippen LogP contribution < -0.4 is 4.90 Å². The third kappa shape index (κ3) is 3.68. The molecule has 33 heavy (non-hydrogen) atoms. The topological polar surface area (TPSA) is 65.3 Å². The molecule has 0 aromatic heterocycles. The van der Waals surface area contributed by atoms with Gasteiger partial charge in [0.15, 0.2) is 5.17 Å². The lowest BCUT2D eigenvalue weighted by molar-refractivity contribution is -0.125. The summed E-state index contributed by atoms with van der Waals surface area (Å²) in [7, 11) is 0. The van der Waals surface area contributed by atoms with Crippen molar-refractivity contribution >= 4 is 46.0 Å². The highest BCUT2D eigenvalue weighted by Gasteiger charge is 2.44. The van der Waals surface area contributed by atoms with Crippen molar-refractivity contribution in [1.29, 1.82) is 0 Å². The number of para-hydroxylation sites is 2. The summed E-state index contributed by atoms with van der Waals surface area (Å²) in [4.78, 5) is 40.2. The standard InChI is InChI=1S/C26H28N4O2S/c1-4-16(3)22-25(32)30-23(28-22)18-11-7-8-12-19(18)27-26(30)33-21(5-2)24(31)29-15-14-17-10-6-9-13-20(17)29/h6-13,16,21-22H,4-5,14-15H2,1-3H3/t16-,21+,22-/m1/s1. The van der Waals surface area contributed by atoms with E-state index in [1.807, 2.05) is 54.3 Å². The molecule has 0 unspecified atom stereocenters. The molecule has 6 nitrogen and oxygen atoms in total. The van der Waals surface area contributed by atoms with Crippen LogP contribution >= 0.6 is 11.8 Å². The van der Waals surface area contributed by atoms with Gasteiger partial charge in [-0.05, 0) is 42.5 Å². The van der Waals surface area contributed by atoms with Crippen molar-refractivity contribution in [3.05, 3.63) is 59.7 Å². The number of carbonyl (C=O) groups is 2. The minimum absolute atomic E-state index is 0.0473. The molecule has 0 bridgehead atoms. The first-order chi connectivity index (χ1) is 16.0. The Morgan fingerprint density at radius 1 is 1.12 bits per heavy atom. The molecule has 0 saturated heterocycles. The predicted molar refractivity (Wildman–Crippen MR) is 134 cm³/mol. The van der Waals surface area contributed by atoms with E-state index < -0.39 is 6.04 Å². The largest absolute Gasteiger partial charge is 0.311 e. The van der Waals surface area contributed by atoms with Crippen LogP contribution in [0.5, 0.6) is 0 Å². The first-order valence-corrected chi connectivity index (χ1v) is 12.6. The number of aliphatic imine (C=N–C) groups is 2. The van der Waals surface area contributed by atoms with Gasteiger partial charge in [-0.1, -0.05) is 69.3 Å². The molecule has 3 heterocycles. The Kier molecular flexibility index (Phi) is 5.83. The van der Waals surface area contributed by atoms with E-state index in [2.05, 4.69) is 19.9 Å². The fourth-order valence-corrected chi connectivity index (χ4v) is 5.70. The predicted octanol–water partition coefficient (Wildman–Crippen LogP) is 4.79. The molecule has 3 atom stereocenters. The molecule has 2 aromatic rings. The number of anilines is 1. The van der Waals surface area contributed by atoms with Crippen LogP contribution in [-0.2, 0) is 16.0 Å². The molecule has 2 aromatic carbocycles. The Hall–Kier alpha value is -2.93. The number of fused-ring (bicyclic) bond motifs is 4. The first kappa shape index (κ1) is 21.9. The Morgan fingerprint density at radius 2 is 1.88 bits per heavy atom. The molecule has 2 amide bonds. The summed E-state index contributed by atoms with van der Waals surface area (Å²) in [6.07, 6.45) is 2.38. The lowest BCUT2D eigenvalue weighted by Crippen LogP contribution is -2.44. The van der Waals surface area contributed by atoms with Crippen LogP contribution in [0.3, 0.4) is 0 Å². The summed E-state index contributed by atoms with van der Waals surface area (Å²) in [6.45, 7) is 6.84. The highest BCUT2D eigenvalue weighted by molar-refractivity contribution is 8.15. The van der Waals surface area contributed by atoms with E-state index >= 15 is 0 Å². The van der Waals surface area contributed by atoms with E-state index in [1.165, 1.54) is 17.3 Å². The first-order valence-electron chi connectivity index (χ1n) is 11.7. The molecular weight excluding hydrogens is 432 g/mol. The number of thioether (sulfide) groups is 1. The highest BCUT2D eigenvalue weighted by atomic mass is 32.2. The molecule has 170 valence electrons. The summed E-state index contributed by atoms with van der Waals surface area (Å²) in [5.41, 5.74) is 3.86. The van der Waals surface area contributed by atoms with Gasteiger partial charge in [-0.15, -0.1) is 0 Å². The fraction of sp³-hybridized carbons (Fsp3) is 0.385. The van der Waals surface area contributed by atoms with E-state index in [0.29, 0.717) is 24.0 Å². The smallest absolute Gasteiger partial charge is 0.259 e. The van der Waals surface area contributed by atoms with Gasteiger partial charge in [-0.25, -0.2) is 9.89 Å². The van der Waals surface area contributed by atoms with E-state index in [-0.39, 0.29) is 23.0 Å². The van der Waals surface area contributed by atoms with Crippen LogP contribution in [0.2, 0.25) is 0 Å². The second-order valence-corrected chi connectivity index (χ2v) is 9.92. The van der Waals surface area contributed by atoms with Crippen LogP contribution in [0.25, 0.3) is 0 Å². The second-order valence-electron chi connectivity index (χ2n) is 8.75. The summed E-state index contributed by atoms with van der Waals surface area (Å²) in [5, 5.41) is 0.216. The lowest BCUT2D eigenvalue weighted by Gasteiger charge is -2.29. The third-order valence-electron chi connectivity index (χ3n) is 6.73. The number of rotatable bonds is 5. The second kappa shape index (κ2) is 8.78. The molecule has 0 spiro atoms. The van der Waals surface area contributed by atoms with Crippen molar-refractivity contribution in [2.24, 2.45) is 15.9 Å². The van der Waals surface area contributed by atoms with Crippen molar-refractivity contribution in [3.8, 4) is 0 Å². The van der Waals surface area contributed by atoms with E-state index in [4.69, 9.17) is 9.98 Å². The molecule has 0 aliphatic carbocycles. The number of hydrogen-bond donors (Lipinski definition) is 0. The van der Waals surface area contributed by atoms with E-state index in [1.54, 1.807) is 4.90 Å². The van der Waals surface area contributed by atoms with Gasteiger partial charge in [0.05, 0.1) is 10.9 Å². The number of benzene rings is 2. The monoisotopic (exact) mass is 460 g/mol. The zero-order valence-electron chi connectivity index (χ0n) is 19.2. The molecule has 7 heteroatoms. The molecule has 3 aliphatic rings. The maximum atomic E-state index is 13.6. The Bertz CT molecular complexity index is 1170. The van der Waals surface area contributed by atoms with Gasteiger partial charge in [0.2, 0.25) is 5.91 Å². The van der Waals surface area contributed by atoms with Crippen molar-refractivity contribution in [2.45, 2.75) is 51.3 Å². The Labute approximate surface area is 198 Å². The van der Waals surface area contributed by atoms with E-state index in [9.17, 15) is 9.59 Å². The average molecular weight is 461 g/mol. The molecule has 0 radical (unpaired) electrons. The molecule has 0 saturated carbocycles. The van der Waals surface area contributed by atoms with Gasteiger partial charge in [-0.2, -0.15) is 0 Å². The van der Waals surface area contributed by atoms with Gasteiger partial charge in [0.1, 0.15) is 11.9 Å². The molecule has 0 N–H and O–H groups in total. The summed E-state index contributed by atoms with van der Waals surface area (Å²) < 4.78 is 0. The van der Waals surface area contributed by atoms with Crippen LogP contribution in [0.4, 0.5) is 11.4 Å². The van der Waals surface area contributed by atoms with Crippen molar-refractivity contribution < 1.29 is 9.59 Å². The average Bonchev–Trinajstić information content (AvgIpc) is 3.43.